The molecule has 0 saturated heterocycles. The van der Waals surface area contributed by atoms with Crippen LogP contribution in [-0.2, 0) is 16.9 Å². The summed E-state index contributed by atoms with van der Waals surface area (Å²) in [5, 5.41) is 13.7. The topological polar surface area (TPSA) is 113 Å². The van der Waals surface area contributed by atoms with Crippen molar-refractivity contribution in [1.29, 1.82) is 0 Å². The fraction of sp³-hybridized carbons (Fsp3) is 0.333. The Morgan fingerprint density at radius 2 is 2.11 bits per heavy atom. The standard InChI is InChI=1S/C24H21ClF3N5O5/c1-24(2,35)17-3-4-32(31-17)22-20(28)21-16(10-30-22)36-5-6-37-18-8-15(19(25)23(34)33(18)21)38-11-14-13(27)7-12(26)9-29-14/h3-4,7-9,16,35H,5-6,10-11H2,1-2H3/t16-/m0/s1/i11D2. The van der Waals surface area contributed by atoms with Crippen LogP contribution in [0.15, 0.2) is 46.2 Å². The van der Waals surface area contributed by atoms with Crippen LogP contribution in [-0.4, -0.2) is 56.1 Å². The van der Waals surface area contributed by atoms with Crippen molar-refractivity contribution in [2.45, 2.75) is 32.1 Å². The first-order valence-electron chi connectivity index (χ1n) is 12.2. The summed E-state index contributed by atoms with van der Waals surface area (Å²) < 4.78 is 78.2. The molecule has 3 aromatic rings. The van der Waals surface area contributed by atoms with Gasteiger partial charge in [-0.3, -0.25) is 14.8 Å². The van der Waals surface area contributed by atoms with Gasteiger partial charge in [0.1, 0.15) is 47.2 Å². The molecule has 5 rings (SSSR count). The van der Waals surface area contributed by atoms with Gasteiger partial charge in [0.15, 0.2) is 17.5 Å². The van der Waals surface area contributed by atoms with E-state index >= 15 is 4.39 Å². The highest BCUT2D eigenvalue weighted by atomic mass is 35.5. The number of aliphatic imine (C=N–C) groups is 1. The average Bonchev–Trinajstić information content (AvgIpc) is 3.35. The van der Waals surface area contributed by atoms with Crippen molar-refractivity contribution in [2.24, 2.45) is 4.99 Å². The quantitative estimate of drug-likeness (QED) is 0.528. The van der Waals surface area contributed by atoms with Crippen LogP contribution in [0.1, 0.15) is 28.0 Å². The van der Waals surface area contributed by atoms with Crippen LogP contribution < -0.4 is 15.0 Å². The molecule has 1 N–H and O–H groups in total. The molecule has 38 heavy (non-hydrogen) atoms. The van der Waals surface area contributed by atoms with E-state index in [9.17, 15) is 18.7 Å². The van der Waals surface area contributed by atoms with E-state index in [1.165, 1.54) is 26.1 Å². The van der Waals surface area contributed by atoms with Crippen molar-refractivity contribution >= 4 is 23.1 Å². The van der Waals surface area contributed by atoms with E-state index in [1.807, 2.05) is 0 Å². The van der Waals surface area contributed by atoms with E-state index < -0.39 is 57.8 Å². The molecule has 2 aliphatic heterocycles. The van der Waals surface area contributed by atoms with Gasteiger partial charge >= 0.3 is 0 Å². The second-order valence-electron chi connectivity index (χ2n) is 8.77. The molecule has 1 atom stereocenters. The predicted octanol–water partition coefficient (Wildman–Crippen LogP) is 3.05. The number of ether oxygens (including phenoxy) is 3. The fourth-order valence-electron chi connectivity index (χ4n) is 3.78. The third-order valence-electron chi connectivity index (χ3n) is 5.61. The molecule has 14 heteroatoms. The first-order valence-corrected chi connectivity index (χ1v) is 11.6. The van der Waals surface area contributed by atoms with Crippen molar-refractivity contribution in [3.63, 3.8) is 0 Å². The van der Waals surface area contributed by atoms with Crippen LogP contribution in [0, 0.1) is 11.6 Å². The smallest absolute Gasteiger partial charge is 0.280 e. The second kappa shape index (κ2) is 9.89. The number of fused-ring (bicyclic) bond motifs is 3. The number of halogens is 4. The lowest BCUT2D eigenvalue weighted by Gasteiger charge is -2.29. The fourth-order valence-corrected chi connectivity index (χ4v) is 3.96. The van der Waals surface area contributed by atoms with Gasteiger partial charge in [-0.25, -0.2) is 22.4 Å². The van der Waals surface area contributed by atoms with Crippen molar-refractivity contribution in [3.05, 3.63) is 74.8 Å². The van der Waals surface area contributed by atoms with Crippen molar-refractivity contribution < 1.29 is 35.2 Å². The molecular weight excluding hydrogens is 531 g/mol. The largest absolute Gasteiger partial charge is 0.485 e. The van der Waals surface area contributed by atoms with E-state index in [0.29, 0.717) is 12.3 Å². The zero-order chi connectivity index (χ0) is 29.0. The lowest BCUT2D eigenvalue weighted by Crippen LogP contribution is -2.38. The molecule has 0 amide bonds. The van der Waals surface area contributed by atoms with Gasteiger partial charge in [0.25, 0.3) is 5.56 Å². The van der Waals surface area contributed by atoms with Gasteiger partial charge in [-0.1, -0.05) is 11.6 Å². The monoisotopic (exact) mass is 553 g/mol. The number of aliphatic hydroxyl groups is 1. The molecule has 0 aliphatic carbocycles. The van der Waals surface area contributed by atoms with Crippen LogP contribution in [0.4, 0.5) is 13.2 Å². The van der Waals surface area contributed by atoms with Crippen LogP contribution in [0.2, 0.25) is 5.02 Å². The van der Waals surface area contributed by atoms with Gasteiger partial charge in [-0.05, 0) is 19.9 Å². The Morgan fingerprint density at radius 3 is 2.82 bits per heavy atom. The van der Waals surface area contributed by atoms with Gasteiger partial charge in [0.2, 0.25) is 5.88 Å². The Hall–Kier alpha value is -3.68. The molecule has 0 unspecified atom stereocenters. The number of allylic oxidation sites excluding steroid dienone is 1. The molecule has 0 fully saturated rings. The van der Waals surface area contributed by atoms with Crippen LogP contribution in [0.25, 0.3) is 5.70 Å². The minimum absolute atomic E-state index is 0.0184. The van der Waals surface area contributed by atoms with E-state index in [0.717, 1.165) is 15.3 Å². The van der Waals surface area contributed by atoms with Crippen molar-refractivity contribution in [1.82, 2.24) is 19.3 Å². The molecular formula is C24H21ClF3N5O5. The minimum atomic E-state index is -2.99. The number of hydrogen-bond donors (Lipinski definition) is 1. The van der Waals surface area contributed by atoms with Gasteiger partial charge in [0.05, 0.1) is 33.5 Å². The summed E-state index contributed by atoms with van der Waals surface area (Å²) in [6.07, 6.45) is 0.965. The highest BCUT2D eigenvalue weighted by Gasteiger charge is 2.35. The summed E-state index contributed by atoms with van der Waals surface area (Å²) >= 11 is 6.25. The first-order chi connectivity index (χ1) is 18.8. The molecule has 0 saturated carbocycles. The Morgan fingerprint density at radius 1 is 1.32 bits per heavy atom. The number of rotatable bonds is 4. The van der Waals surface area contributed by atoms with E-state index in [4.69, 9.17) is 28.6 Å². The molecule has 200 valence electrons. The number of aromatic nitrogens is 4. The third-order valence-corrected chi connectivity index (χ3v) is 5.95. The Labute approximate surface area is 221 Å². The van der Waals surface area contributed by atoms with Gasteiger partial charge in [-0.2, -0.15) is 5.10 Å². The molecule has 2 aliphatic rings. The summed E-state index contributed by atoms with van der Waals surface area (Å²) in [6.45, 7) is -0.183. The molecule has 0 bridgehead atoms. The van der Waals surface area contributed by atoms with Crippen LogP contribution in [0.5, 0.6) is 11.6 Å². The third kappa shape index (κ3) is 4.79. The maximum absolute atomic E-state index is 16.1. The Balaban J connectivity index is 1.60. The highest BCUT2D eigenvalue weighted by Crippen LogP contribution is 2.34. The zero-order valence-electron chi connectivity index (χ0n) is 21.9. The van der Waals surface area contributed by atoms with E-state index in [1.54, 1.807) is 0 Å². The van der Waals surface area contributed by atoms with Gasteiger partial charge in [-0.15, -0.1) is 0 Å². The SMILES string of the molecule is [2H]C([2H])(Oc1cc2n(c(=O)c1Cl)C1=C(F)C(n3ccc(C(C)(C)O)n3)=NC[C@@H]1OCCO2)c1ncc(F)cc1F. The van der Waals surface area contributed by atoms with E-state index in [2.05, 4.69) is 15.1 Å². The summed E-state index contributed by atoms with van der Waals surface area (Å²) in [7, 11) is 0. The van der Waals surface area contributed by atoms with Gasteiger partial charge < -0.3 is 19.3 Å². The molecule has 0 radical (unpaired) electrons. The molecule has 0 aromatic carbocycles. The number of hydrogen-bond acceptors (Lipinski definition) is 8. The average molecular weight is 554 g/mol. The lowest BCUT2D eigenvalue weighted by atomic mass is 10.1. The van der Waals surface area contributed by atoms with Gasteiger partial charge in [0, 0.05) is 18.3 Å². The number of pyridine rings is 2. The number of nitrogens with zero attached hydrogens (tertiary/aromatic N) is 5. The molecule has 10 nitrogen and oxygen atoms in total. The predicted molar refractivity (Wildman–Crippen MR) is 129 cm³/mol. The van der Waals surface area contributed by atoms with E-state index in [-0.39, 0.29) is 42.9 Å². The van der Waals surface area contributed by atoms with Crippen LogP contribution in [0.3, 0.4) is 0 Å². The molecule has 5 heterocycles. The summed E-state index contributed by atoms with van der Waals surface area (Å²) in [5.41, 5.74) is -3.31. The number of dihydropyridines is 1. The maximum Gasteiger partial charge on any atom is 0.280 e. The normalized spacial score (nSPS) is 18.8. The maximum atomic E-state index is 16.1. The summed E-state index contributed by atoms with van der Waals surface area (Å²) in [6, 6.07) is 2.94. The first kappa shape index (κ1) is 23.4. The second-order valence-corrected chi connectivity index (χ2v) is 9.14. The Bertz CT molecular complexity index is 1620. The highest BCUT2D eigenvalue weighted by molar-refractivity contribution is 6.32. The molecule has 0 spiro atoms. The minimum Gasteiger partial charge on any atom is -0.485 e. The summed E-state index contributed by atoms with van der Waals surface area (Å²) in [4.78, 5) is 21.1. The molecule has 3 aromatic heterocycles. The lowest BCUT2D eigenvalue weighted by molar-refractivity contribution is 0.0552. The zero-order valence-corrected chi connectivity index (χ0v) is 20.7. The Kier molecular flexibility index (Phi) is 6.10. The summed E-state index contributed by atoms with van der Waals surface area (Å²) in [5.74, 6) is -4.45. The van der Waals surface area contributed by atoms with Crippen molar-refractivity contribution in [3.8, 4) is 11.6 Å². The van der Waals surface area contributed by atoms with Crippen LogP contribution >= 0.6 is 11.6 Å². The van der Waals surface area contributed by atoms with Crippen molar-refractivity contribution in [2.75, 3.05) is 19.8 Å².